The van der Waals surface area contributed by atoms with E-state index in [0.717, 1.165) is 11.3 Å². The van der Waals surface area contributed by atoms with Gasteiger partial charge >= 0.3 is 0 Å². The highest BCUT2D eigenvalue weighted by Gasteiger charge is 2.18. The number of aromatic nitrogens is 1. The smallest absolute Gasteiger partial charge is 0.141 e. The molecule has 3 rings (SSSR count). The summed E-state index contributed by atoms with van der Waals surface area (Å²) in [6.45, 7) is 1.95. The number of aliphatic hydroxyl groups excluding tert-OH is 1. The van der Waals surface area contributed by atoms with Gasteiger partial charge in [0.1, 0.15) is 11.5 Å². The summed E-state index contributed by atoms with van der Waals surface area (Å²) < 4.78 is 5.56. The fraction of sp³-hybridized carbons (Fsp3) is 0.211. The molecule has 0 saturated carbocycles. The third-order valence-electron chi connectivity index (χ3n) is 4.04. The first-order chi connectivity index (χ1) is 11.7. The number of nitrogens with one attached hydrogen (secondary N) is 1. The van der Waals surface area contributed by atoms with E-state index in [2.05, 4.69) is 10.3 Å². The Morgan fingerprint density at radius 2 is 1.96 bits per heavy atom. The van der Waals surface area contributed by atoms with Crippen LogP contribution >= 0.6 is 0 Å². The molecule has 2 heterocycles. The molecule has 124 valence electrons. The van der Waals surface area contributed by atoms with E-state index in [9.17, 15) is 10.2 Å². The number of nitrogens with zero attached hydrogens (tertiary/aromatic N) is 1. The van der Waals surface area contributed by atoms with Gasteiger partial charge in [-0.05, 0) is 24.6 Å². The topological polar surface area (TPSA) is 78.5 Å². The predicted octanol–water partition coefficient (Wildman–Crippen LogP) is 3.06. The summed E-state index contributed by atoms with van der Waals surface area (Å²) in [5.74, 6) is 0.900. The molecular weight excluding hydrogens is 304 g/mol. The van der Waals surface area contributed by atoms with Crippen molar-refractivity contribution in [3.8, 4) is 5.75 Å². The van der Waals surface area contributed by atoms with Crippen molar-refractivity contribution in [2.24, 2.45) is 0 Å². The summed E-state index contributed by atoms with van der Waals surface area (Å²) in [7, 11) is 0. The van der Waals surface area contributed by atoms with Gasteiger partial charge in [-0.2, -0.15) is 0 Å². The second kappa shape index (κ2) is 7.29. The van der Waals surface area contributed by atoms with Crippen molar-refractivity contribution in [3.05, 3.63) is 83.1 Å². The molecule has 24 heavy (non-hydrogen) atoms. The fourth-order valence-corrected chi connectivity index (χ4v) is 2.71. The van der Waals surface area contributed by atoms with Crippen molar-refractivity contribution in [2.45, 2.75) is 26.1 Å². The van der Waals surface area contributed by atoms with Crippen LogP contribution in [0.1, 0.15) is 34.2 Å². The molecule has 0 radical (unpaired) electrons. The van der Waals surface area contributed by atoms with Gasteiger partial charge in [-0.25, -0.2) is 0 Å². The van der Waals surface area contributed by atoms with Gasteiger partial charge in [-0.1, -0.05) is 30.3 Å². The maximum Gasteiger partial charge on any atom is 0.141 e. The number of rotatable bonds is 6. The molecule has 0 aliphatic heterocycles. The van der Waals surface area contributed by atoms with E-state index in [-0.39, 0.29) is 18.4 Å². The lowest BCUT2D eigenvalue weighted by atomic mass is 10.0. The molecule has 0 aliphatic rings. The molecule has 1 aromatic carbocycles. The quantitative estimate of drug-likeness (QED) is 0.649. The van der Waals surface area contributed by atoms with Gasteiger partial charge in [-0.3, -0.25) is 10.3 Å². The Morgan fingerprint density at radius 1 is 1.17 bits per heavy atom. The van der Waals surface area contributed by atoms with Gasteiger partial charge < -0.3 is 14.6 Å². The van der Waals surface area contributed by atoms with Crippen molar-refractivity contribution >= 4 is 0 Å². The highest BCUT2D eigenvalue weighted by atomic mass is 16.3. The summed E-state index contributed by atoms with van der Waals surface area (Å²) in [5, 5.41) is 23.2. The monoisotopic (exact) mass is 324 g/mol. The van der Waals surface area contributed by atoms with E-state index in [1.54, 1.807) is 19.4 Å². The van der Waals surface area contributed by atoms with Crippen LogP contribution in [0.5, 0.6) is 5.75 Å². The maximum absolute atomic E-state index is 10.3. The van der Waals surface area contributed by atoms with Crippen molar-refractivity contribution in [2.75, 3.05) is 0 Å². The molecule has 3 aromatic rings. The zero-order valence-electron chi connectivity index (χ0n) is 13.4. The molecule has 5 heteroatoms. The van der Waals surface area contributed by atoms with E-state index in [1.807, 2.05) is 42.5 Å². The van der Waals surface area contributed by atoms with Crippen molar-refractivity contribution in [1.82, 2.24) is 10.3 Å². The first-order valence-corrected chi connectivity index (χ1v) is 7.79. The van der Waals surface area contributed by atoms with Crippen LogP contribution in [-0.2, 0) is 13.2 Å². The van der Waals surface area contributed by atoms with E-state index in [4.69, 9.17) is 4.42 Å². The molecule has 0 amide bonds. The van der Waals surface area contributed by atoms with Crippen LogP contribution in [-0.4, -0.2) is 15.2 Å². The molecule has 0 spiro atoms. The zero-order chi connectivity index (χ0) is 16.9. The number of aliphatic hydroxyl groups is 1. The SMILES string of the molecule is Cc1ncc(CO)c(CNC(c2ccccc2)c2ccco2)c1O. The van der Waals surface area contributed by atoms with Crippen molar-refractivity contribution in [3.63, 3.8) is 0 Å². The molecule has 3 N–H and O–H groups in total. The molecule has 0 saturated heterocycles. The number of furan rings is 1. The first-order valence-electron chi connectivity index (χ1n) is 7.79. The van der Waals surface area contributed by atoms with Gasteiger partial charge in [0.15, 0.2) is 0 Å². The van der Waals surface area contributed by atoms with E-state index < -0.39 is 0 Å². The van der Waals surface area contributed by atoms with Crippen LogP contribution in [0.2, 0.25) is 0 Å². The Kier molecular flexibility index (Phi) is 4.93. The molecule has 5 nitrogen and oxygen atoms in total. The average molecular weight is 324 g/mol. The van der Waals surface area contributed by atoms with Crippen LogP contribution in [0.3, 0.4) is 0 Å². The van der Waals surface area contributed by atoms with Gasteiger partial charge in [0.05, 0.1) is 24.6 Å². The third-order valence-corrected chi connectivity index (χ3v) is 4.04. The molecule has 0 fully saturated rings. The summed E-state index contributed by atoms with van der Waals surface area (Å²) in [6.07, 6.45) is 3.23. The van der Waals surface area contributed by atoms with Crippen LogP contribution in [0.4, 0.5) is 0 Å². The molecule has 2 aromatic heterocycles. The third kappa shape index (κ3) is 3.32. The number of aryl methyl sites for hydroxylation is 1. The molecule has 1 unspecified atom stereocenters. The van der Waals surface area contributed by atoms with E-state index in [1.165, 1.54) is 0 Å². The van der Waals surface area contributed by atoms with Gasteiger partial charge in [0, 0.05) is 23.9 Å². The minimum absolute atomic E-state index is 0.111. The van der Waals surface area contributed by atoms with E-state index in [0.29, 0.717) is 23.4 Å². The van der Waals surface area contributed by atoms with Gasteiger partial charge in [0.2, 0.25) is 0 Å². The fourth-order valence-electron chi connectivity index (χ4n) is 2.71. The molecule has 1 atom stereocenters. The number of hydrogen-bond donors (Lipinski definition) is 3. The van der Waals surface area contributed by atoms with Gasteiger partial charge in [-0.15, -0.1) is 0 Å². The Balaban J connectivity index is 1.89. The predicted molar refractivity (Wildman–Crippen MR) is 90.4 cm³/mol. The minimum atomic E-state index is -0.172. The number of benzene rings is 1. The lowest BCUT2D eigenvalue weighted by Gasteiger charge is -2.19. The first kappa shape index (κ1) is 16.2. The summed E-state index contributed by atoms with van der Waals surface area (Å²) >= 11 is 0. The highest BCUT2D eigenvalue weighted by Crippen LogP contribution is 2.27. The van der Waals surface area contributed by atoms with Crippen molar-refractivity contribution < 1.29 is 14.6 Å². The summed E-state index contributed by atoms with van der Waals surface area (Å²) in [6, 6.07) is 13.6. The highest BCUT2D eigenvalue weighted by molar-refractivity contribution is 5.40. The summed E-state index contributed by atoms with van der Waals surface area (Å²) in [5.41, 5.74) is 2.86. The van der Waals surface area contributed by atoms with Crippen LogP contribution in [0, 0.1) is 6.92 Å². The number of hydrogen-bond acceptors (Lipinski definition) is 5. The van der Waals surface area contributed by atoms with Crippen LogP contribution < -0.4 is 5.32 Å². The maximum atomic E-state index is 10.3. The molecule has 0 bridgehead atoms. The largest absolute Gasteiger partial charge is 0.506 e. The lowest BCUT2D eigenvalue weighted by Crippen LogP contribution is -2.22. The van der Waals surface area contributed by atoms with Crippen molar-refractivity contribution in [1.29, 1.82) is 0 Å². The zero-order valence-corrected chi connectivity index (χ0v) is 13.4. The second-order valence-electron chi connectivity index (χ2n) is 5.59. The Bertz CT molecular complexity index is 786. The van der Waals surface area contributed by atoms with Gasteiger partial charge in [0.25, 0.3) is 0 Å². The number of aromatic hydroxyl groups is 1. The summed E-state index contributed by atoms with van der Waals surface area (Å²) in [4.78, 5) is 4.09. The lowest BCUT2D eigenvalue weighted by molar-refractivity contribution is 0.278. The standard InChI is InChI=1S/C19H20N2O3/c1-13-19(23)16(15(12-22)10-20-13)11-21-18(17-8-5-9-24-17)14-6-3-2-4-7-14/h2-10,18,21-23H,11-12H2,1H3. The minimum Gasteiger partial charge on any atom is -0.506 e. The average Bonchev–Trinajstić information content (AvgIpc) is 3.14. The molecular formula is C19H20N2O3. The van der Waals surface area contributed by atoms with Crippen LogP contribution in [0.25, 0.3) is 0 Å². The molecule has 0 aliphatic carbocycles. The number of pyridine rings is 1. The Labute approximate surface area is 140 Å². The normalized spacial score (nSPS) is 12.2. The van der Waals surface area contributed by atoms with Crippen LogP contribution in [0.15, 0.2) is 59.3 Å². The second-order valence-corrected chi connectivity index (χ2v) is 5.59. The Hall–Kier alpha value is -2.63. The van der Waals surface area contributed by atoms with E-state index >= 15 is 0 Å². The Morgan fingerprint density at radius 3 is 2.62 bits per heavy atom.